The maximum Gasteiger partial charge on any atom is 0.0970 e. The minimum atomic E-state index is 1.04. The number of pyridine rings is 2. The van der Waals surface area contributed by atoms with E-state index in [4.69, 9.17) is 9.97 Å². The minimum absolute atomic E-state index is 1.04. The molecule has 2 aromatic heterocycles. The summed E-state index contributed by atoms with van der Waals surface area (Å²) < 4.78 is 0. The molecule has 1 aromatic carbocycles. The average Bonchev–Trinajstić information content (AvgIpc) is 2.42. The van der Waals surface area contributed by atoms with E-state index in [1.54, 1.807) is 0 Å². The highest BCUT2D eigenvalue weighted by molar-refractivity contribution is 6.05. The molecule has 20 heavy (non-hydrogen) atoms. The van der Waals surface area contributed by atoms with E-state index >= 15 is 0 Å². The van der Waals surface area contributed by atoms with Crippen LogP contribution in [0.4, 0.5) is 0 Å². The summed E-state index contributed by atoms with van der Waals surface area (Å²) in [4.78, 5) is 9.63. The predicted octanol–water partition coefficient (Wildman–Crippen LogP) is 4.63. The highest BCUT2D eigenvalue weighted by Crippen LogP contribution is 2.30. The fourth-order valence-electron chi connectivity index (χ4n) is 2.86. The van der Waals surface area contributed by atoms with Crippen molar-refractivity contribution in [3.8, 4) is 0 Å². The van der Waals surface area contributed by atoms with Crippen molar-refractivity contribution in [2.75, 3.05) is 0 Å². The topological polar surface area (TPSA) is 25.8 Å². The molecule has 0 radical (unpaired) electrons. The van der Waals surface area contributed by atoms with Gasteiger partial charge in [0.05, 0.1) is 11.0 Å². The molecule has 0 bridgehead atoms. The van der Waals surface area contributed by atoms with E-state index in [-0.39, 0.29) is 0 Å². The van der Waals surface area contributed by atoms with Crippen molar-refractivity contribution in [1.29, 1.82) is 0 Å². The fraction of sp³-hybridized carbons (Fsp3) is 0.333. The Morgan fingerprint density at radius 1 is 0.550 bits per heavy atom. The fourth-order valence-corrected chi connectivity index (χ4v) is 2.86. The van der Waals surface area contributed by atoms with Gasteiger partial charge < -0.3 is 0 Å². The zero-order chi connectivity index (χ0) is 14.6. The first-order valence-corrected chi connectivity index (χ1v) is 7.06. The molecule has 0 aliphatic carbocycles. The summed E-state index contributed by atoms with van der Waals surface area (Å²) in [7, 11) is 0. The molecule has 0 N–H and O–H groups in total. The smallest absolute Gasteiger partial charge is 0.0970 e. The number of fused-ring (bicyclic) bond motifs is 3. The van der Waals surface area contributed by atoms with Crippen LogP contribution in [-0.4, -0.2) is 9.97 Å². The lowest BCUT2D eigenvalue weighted by Gasteiger charge is -2.13. The lowest BCUT2D eigenvalue weighted by Crippen LogP contribution is -1.98. The zero-order valence-electron chi connectivity index (χ0n) is 13.0. The third kappa shape index (κ3) is 1.64. The summed E-state index contributed by atoms with van der Waals surface area (Å²) in [6.45, 7) is 12.8. The van der Waals surface area contributed by atoms with E-state index in [0.717, 1.165) is 22.4 Å². The summed E-state index contributed by atoms with van der Waals surface area (Å²) in [5.41, 5.74) is 9.44. The van der Waals surface area contributed by atoms with Crippen molar-refractivity contribution in [3.05, 3.63) is 45.8 Å². The van der Waals surface area contributed by atoms with E-state index in [0.29, 0.717) is 0 Å². The molecule has 3 aromatic rings. The second-order valence-corrected chi connectivity index (χ2v) is 5.75. The lowest BCUT2D eigenvalue weighted by molar-refractivity contribution is 1.15. The Labute approximate surface area is 119 Å². The van der Waals surface area contributed by atoms with Crippen LogP contribution in [0.3, 0.4) is 0 Å². The molecule has 2 heterocycles. The Morgan fingerprint density at radius 3 is 1.25 bits per heavy atom. The van der Waals surface area contributed by atoms with Gasteiger partial charge in [0.1, 0.15) is 0 Å². The van der Waals surface area contributed by atoms with Crippen LogP contribution in [0.5, 0.6) is 0 Å². The maximum atomic E-state index is 4.81. The molecule has 102 valence electrons. The maximum absolute atomic E-state index is 4.81. The predicted molar refractivity (Wildman–Crippen MR) is 85.5 cm³/mol. The van der Waals surface area contributed by atoms with Crippen LogP contribution in [0.25, 0.3) is 21.8 Å². The van der Waals surface area contributed by atoms with E-state index in [2.05, 4.69) is 53.7 Å². The molecule has 0 saturated heterocycles. The van der Waals surface area contributed by atoms with E-state index < -0.39 is 0 Å². The number of aromatic nitrogens is 2. The number of hydrogen-bond donors (Lipinski definition) is 0. The summed E-state index contributed by atoms with van der Waals surface area (Å²) >= 11 is 0. The second kappa shape index (κ2) is 4.27. The first-order valence-electron chi connectivity index (χ1n) is 7.06. The number of hydrogen-bond acceptors (Lipinski definition) is 2. The Balaban J connectivity index is 2.60. The van der Waals surface area contributed by atoms with Crippen molar-refractivity contribution in [2.45, 2.75) is 41.5 Å². The number of aryl methyl sites for hydroxylation is 4. The van der Waals surface area contributed by atoms with Crippen LogP contribution in [0.15, 0.2) is 12.1 Å². The molecule has 0 atom stereocenters. The first kappa shape index (κ1) is 13.0. The summed E-state index contributed by atoms with van der Waals surface area (Å²) in [5, 5.41) is 2.44. The third-order valence-electron chi connectivity index (χ3n) is 4.73. The molecule has 0 saturated carbocycles. The highest BCUT2D eigenvalue weighted by atomic mass is 14.8. The Morgan fingerprint density at radius 2 is 0.900 bits per heavy atom. The van der Waals surface area contributed by atoms with Crippen LogP contribution in [0.1, 0.15) is 33.6 Å². The Kier molecular flexibility index (Phi) is 2.79. The van der Waals surface area contributed by atoms with Crippen molar-refractivity contribution >= 4 is 21.8 Å². The van der Waals surface area contributed by atoms with Crippen LogP contribution in [-0.2, 0) is 0 Å². The minimum Gasteiger partial charge on any atom is -0.251 e. The van der Waals surface area contributed by atoms with E-state index in [9.17, 15) is 0 Å². The summed E-state index contributed by atoms with van der Waals surface area (Å²) in [6.07, 6.45) is 0. The Bertz CT molecular complexity index is 788. The van der Waals surface area contributed by atoms with Crippen LogP contribution >= 0.6 is 0 Å². The number of rotatable bonds is 0. The second-order valence-electron chi connectivity index (χ2n) is 5.75. The van der Waals surface area contributed by atoms with Crippen molar-refractivity contribution in [3.63, 3.8) is 0 Å². The normalized spacial score (nSPS) is 11.5. The molecule has 0 spiro atoms. The van der Waals surface area contributed by atoms with Gasteiger partial charge in [-0.3, -0.25) is 9.97 Å². The number of nitrogens with zero attached hydrogens (tertiary/aromatic N) is 2. The molecule has 2 heteroatoms. The van der Waals surface area contributed by atoms with Crippen LogP contribution < -0.4 is 0 Å². The molecule has 2 nitrogen and oxygen atoms in total. The van der Waals surface area contributed by atoms with Gasteiger partial charge in [-0.25, -0.2) is 0 Å². The third-order valence-corrected chi connectivity index (χ3v) is 4.73. The Hall–Kier alpha value is -1.96. The monoisotopic (exact) mass is 264 g/mol. The van der Waals surface area contributed by atoms with Gasteiger partial charge in [0.25, 0.3) is 0 Å². The summed E-state index contributed by atoms with van der Waals surface area (Å²) in [6, 6.07) is 4.38. The van der Waals surface area contributed by atoms with Gasteiger partial charge in [0.2, 0.25) is 0 Å². The molecule has 0 fully saturated rings. The zero-order valence-corrected chi connectivity index (χ0v) is 13.0. The molecule has 3 rings (SSSR count). The molecule has 0 unspecified atom stereocenters. The summed E-state index contributed by atoms with van der Waals surface area (Å²) in [5.74, 6) is 0. The largest absolute Gasteiger partial charge is 0.251 e. The van der Waals surface area contributed by atoms with Gasteiger partial charge in [-0.15, -0.1) is 0 Å². The molecule has 0 amide bonds. The van der Waals surface area contributed by atoms with Crippen LogP contribution in [0, 0.1) is 41.5 Å². The van der Waals surface area contributed by atoms with Gasteiger partial charge >= 0.3 is 0 Å². The molecular weight excluding hydrogens is 244 g/mol. The SMILES string of the molecule is Cc1nc2c(ccc3c(C)c(C)c(C)nc32)c(C)c1C. The quantitative estimate of drug-likeness (QED) is 0.553. The van der Waals surface area contributed by atoms with Crippen LogP contribution in [0.2, 0.25) is 0 Å². The average molecular weight is 264 g/mol. The van der Waals surface area contributed by atoms with E-state index in [1.165, 1.54) is 33.0 Å². The van der Waals surface area contributed by atoms with Crippen molar-refractivity contribution in [1.82, 2.24) is 9.97 Å². The molecule has 0 aliphatic heterocycles. The first-order chi connectivity index (χ1) is 9.41. The van der Waals surface area contributed by atoms with Gasteiger partial charge in [-0.05, 0) is 63.8 Å². The van der Waals surface area contributed by atoms with Gasteiger partial charge in [0.15, 0.2) is 0 Å². The van der Waals surface area contributed by atoms with Gasteiger partial charge in [-0.1, -0.05) is 12.1 Å². The van der Waals surface area contributed by atoms with Gasteiger partial charge in [0, 0.05) is 22.2 Å². The number of benzene rings is 1. The van der Waals surface area contributed by atoms with Gasteiger partial charge in [-0.2, -0.15) is 0 Å². The highest BCUT2D eigenvalue weighted by Gasteiger charge is 2.12. The molecule has 0 aliphatic rings. The van der Waals surface area contributed by atoms with E-state index in [1.807, 2.05) is 0 Å². The molecular formula is C18H20N2. The standard InChI is InChI=1S/C18H20N2/c1-9-11(3)15-7-8-16-12(4)10(2)14(6)20-18(16)17(15)19-13(9)5/h7-8H,1-6H3. The van der Waals surface area contributed by atoms with Crippen molar-refractivity contribution < 1.29 is 0 Å². The van der Waals surface area contributed by atoms with Crippen molar-refractivity contribution in [2.24, 2.45) is 0 Å². The lowest BCUT2D eigenvalue weighted by atomic mass is 9.98.